The van der Waals surface area contributed by atoms with Gasteiger partial charge in [0, 0.05) is 25.0 Å². The number of hydrogen-bond acceptors (Lipinski definition) is 3. The second-order valence-electron chi connectivity index (χ2n) is 5.01. The summed E-state index contributed by atoms with van der Waals surface area (Å²) in [4.78, 5) is 0. The Kier molecular flexibility index (Phi) is 5.62. The minimum absolute atomic E-state index is 0.370. The molecule has 1 unspecified atom stereocenters. The van der Waals surface area contributed by atoms with Crippen LogP contribution in [-0.2, 0) is 13.1 Å². The molecule has 2 aromatic rings. The number of benzene rings is 1. The van der Waals surface area contributed by atoms with Crippen molar-refractivity contribution in [2.75, 3.05) is 6.61 Å². The van der Waals surface area contributed by atoms with Crippen molar-refractivity contribution in [3.05, 3.63) is 48.3 Å². The molecule has 0 fully saturated rings. The summed E-state index contributed by atoms with van der Waals surface area (Å²) in [5.41, 5.74) is 1.24. The summed E-state index contributed by atoms with van der Waals surface area (Å²) in [7, 11) is 0. The molecular formula is C16H23N3O. The number of aromatic nitrogens is 2. The smallest absolute Gasteiger partial charge is 0.119 e. The van der Waals surface area contributed by atoms with Crippen LogP contribution in [0.4, 0.5) is 0 Å². The second-order valence-corrected chi connectivity index (χ2v) is 5.01. The van der Waals surface area contributed by atoms with Gasteiger partial charge in [0.15, 0.2) is 0 Å². The average molecular weight is 273 g/mol. The summed E-state index contributed by atoms with van der Waals surface area (Å²) in [6.07, 6.45) is 4.82. The molecule has 0 aliphatic heterocycles. The van der Waals surface area contributed by atoms with Gasteiger partial charge < -0.3 is 10.1 Å². The summed E-state index contributed by atoms with van der Waals surface area (Å²) < 4.78 is 7.59. The number of ether oxygens (including phenoxy) is 1. The monoisotopic (exact) mass is 273 g/mol. The highest BCUT2D eigenvalue weighted by atomic mass is 16.5. The molecule has 20 heavy (non-hydrogen) atoms. The van der Waals surface area contributed by atoms with Crippen molar-refractivity contribution >= 4 is 0 Å². The molecule has 0 saturated heterocycles. The van der Waals surface area contributed by atoms with Gasteiger partial charge in [-0.25, -0.2) is 0 Å². The van der Waals surface area contributed by atoms with Crippen LogP contribution in [0.15, 0.2) is 42.7 Å². The summed E-state index contributed by atoms with van der Waals surface area (Å²) in [5.74, 6) is 0.950. The fourth-order valence-electron chi connectivity index (χ4n) is 2.01. The third-order valence-corrected chi connectivity index (χ3v) is 3.05. The van der Waals surface area contributed by atoms with Crippen LogP contribution in [-0.4, -0.2) is 22.4 Å². The first-order valence-electron chi connectivity index (χ1n) is 7.20. The van der Waals surface area contributed by atoms with Gasteiger partial charge in [-0.2, -0.15) is 5.10 Å². The first-order valence-corrected chi connectivity index (χ1v) is 7.20. The maximum atomic E-state index is 5.65. The topological polar surface area (TPSA) is 39.1 Å². The lowest BCUT2D eigenvalue weighted by Crippen LogP contribution is -2.30. The molecule has 1 atom stereocenters. The molecule has 1 aromatic heterocycles. The van der Waals surface area contributed by atoms with Crippen LogP contribution in [0.25, 0.3) is 0 Å². The molecule has 4 heteroatoms. The van der Waals surface area contributed by atoms with Crippen molar-refractivity contribution in [1.29, 1.82) is 0 Å². The van der Waals surface area contributed by atoms with E-state index < -0.39 is 0 Å². The normalized spacial score (nSPS) is 12.3. The van der Waals surface area contributed by atoms with Crippen molar-refractivity contribution < 1.29 is 4.74 Å². The molecule has 0 amide bonds. The fraction of sp³-hybridized carbons (Fsp3) is 0.438. The van der Waals surface area contributed by atoms with Crippen molar-refractivity contribution in [3.63, 3.8) is 0 Å². The Bertz CT molecular complexity index is 496. The number of hydrogen-bond donors (Lipinski definition) is 1. The van der Waals surface area contributed by atoms with Gasteiger partial charge in [-0.15, -0.1) is 0 Å². The highest BCUT2D eigenvalue weighted by Gasteiger charge is 2.03. The predicted octanol–water partition coefficient (Wildman–Crippen LogP) is 2.85. The molecule has 1 heterocycles. The standard InChI is InChI=1S/C16H23N3O/c1-3-10-20-16-7-4-6-15(11-16)12-17-14(2)13-19-9-5-8-18-19/h4-9,11,14,17H,3,10,12-13H2,1-2H3. The van der Waals surface area contributed by atoms with E-state index in [1.807, 2.05) is 29.1 Å². The lowest BCUT2D eigenvalue weighted by molar-refractivity contribution is 0.317. The van der Waals surface area contributed by atoms with Gasteiger partial charge in [-0.05, 0) is 37.1 Å². The molecule has 0 saturated carbocycles. The minimum atomic E-state index is 0.370. The van der Waals surface area contributed by atoms with E-state index in [0.29, 0.717) is 6.04 Å². The van der Waals surface area contributed by atoms with Crippen LogP contribution in [0.2, 0.25) is 0 Å². The highest BCUT2D eigenvalue weighted by molar-refractivity contribution is 5.28. The molecule has 4 nitrogen and oxygen atoms in total. The zero-order valence-corrected chi connectivity index (χ0v) is 12.2. The Morgan fingerprint density at radius 1 is 1.35 bits per heavy atom. The van der Waals surface area contributed by atoms with Crippen LogP contribution in [0.1, 0.15) is 25.8 Å². The Hall–Kier alpha value is -1.81. The van der Waals surface area contributed by atoms with Crippen LogP contribution in [0, 0.1) is 0 Å². The highest BCUT2D eigenvalue weighted by Crippen LogP contribution is 2.13. The van der Waals surface area contributed by atoms with E-state index in [0.717, 1.165) is 31.9 Å². The molecule has 0 aliphatic carbocycles. The Morgan fingerprint density at radius 3 is 3.00 bits per heavy atom. The van der Waals surface area contributed by atoms with Gasteiger partial charge >= 0.3 is 0 Å². The van der Waals surface area contributed by atoms with Crippen molar-refractivity contribution in [2.24, 2.45) is 0 Å². The molecule has 2 rings (SSSR count). The molecule has 0 aliphatic rings. The second kappa shape index (κ2) is 7.70. The van der Waals surface area contributed by atoms with Crippen molar-refractivity contribution in [1.82, 2.24) is 15.1 Å². The summed E-state index contributed by atoms with van der Waals surface area (Å²) in [5, 5.41) is 7.72. The number of nitrogens with zero attached hydrogens (tertiary/aromatic N) is 2. The maximum absolute atomic E-state index is 5.65. The molecule has 1 N–H and O–H groups in total. The zero-order valence-electron chi connectivity index (χ0n) is 12.2. The first kappa shape index (κ1) is 14.6. The van der Waals surface area contributed by atoms with E-state index in [4.69, 9.17) is 4.74 Å². The Balaban J connectivity index is 1.80. The molecule has 108 valence electrons. The quantitative estimate of drug-likeness (QED) is 0.804. The summed E-state index contributed by atoms with van der Waals surface area (Å²) >= 11 is 0. The molecule has 0 radical (unpaired) electrons. The van der Waals surface area contributed by atoms with Gasteiger partial charge in [-0.1, -0.05) is 19.1 Å². The van der Waals surface area contributed by atoms with Crippen LogP contribution >= 0.6 is 0 Å². The van der Waals surface area contributed by atoms with Crippen LogP contribution < -0.4 is 10.1 Å². The predicted molar refractivity (Wildman–Crippen MR) is 80.8 cm³/mol. The lowest BCUT2D eigenvalue weighted by atomic mass is 10.2. The largest absolute Gasteiger partial charge is 0.494 e. The van der Waals surface area contributed by atoms with E-state index in [9.17, 15) is 0 Å². The molecule has 0 bridgehead atoms. The minimum Gasteiger partial charge on any atom is -0.494 e. The van der Waals surface area contributed by atoms with Gasteiger partial charge in [-0.3, -0.25) is 4.68 Å². The van der Waals surface area contributed by atoms with Crippen LogP contribution in [0.5, 0.6) is 5.75 Å². The summed E-state index contributed by atoms with van der Waals surface area (Å²) in [6, 6.07) is 10.6. The molecule has 0 spiro atoms. The molecule has 1 aromatic carbocycles. The van der Waals surface area contributed by atoms with E-state index in [1.54, 1.807) is 6.20 Å². The number of nitrogens with one attached hydrogen (secondary N) is 1. The van der Waals surface area contributed by atoms with E-state index in [2.05, 4.69) is 36.4 Å². The van der Waals surface area contributed by atoms with Crippen LogP contribution in [0.3, 0.4) is 0 Å². The first-order chi connectivity index (χ1) is 9.78. The third kappa shape index (κ3) is 4.70. The SMILES string of the molecule is CCCOc1cccc(CNC(C)Cn2cccn2)c1. The van der Waals surface area contributed by atoms with Gasteiger partial charge in [0.05, 0.1) is 13.2 Å². The third-order valence-electron chi connectivity index (χ3n) is 3.05. The summed E-state index contributed by atoms with van der Waals surface area (Å²) in [6.45, 7) is 6.76. The van der Waals surface area contributed by atoms with Gasteiger partial charge in [0.2, 0.25) is 0 Å². The Morgan fingerprint density at radius 2 is 2.25 bits per heavy atom. The fourth-order valence-corrected chi connectivity index (χ4v) is 2.01. The molecular weight excluding hydrogens is 250 g/mol. The van der Waals surface area contributed by atoms with E-state index >= 15 is 0 Å². The maximum Gasteiger partial charge on any atom is 0.119 e. The Labute approximate surface area is 120 Å². The van der Waals surface area contributed by atoms with Crippen molar-refractivity contribution in [2.45, 2.75) is 39.4 Å². The zero-order chi connectivity index (χ0) is 14.2. The average Bonchev–Trinajstić information content (AvgIpc) is 2.96. The lowest BCUT2D eigenvalue weighted by Gasteiger charge is -2.14. The van der Waals surface area contributed by atoms with E-state index in [1.165, 1.54) is 5.56 Å². The van der Waals surface area contributed by atoms with E-state index in [-0.39, 0.29) is 0 Å². The number of rotatable bonds is 8. The van der Waals surface area contributed by atoms with Gasteiger partial charge in [0.1, 0.15) is 5.75 Å². The van der Waals surface area contributed by atoms with Crippen molar-refractivity contribution in [3.8, 4) is 5.75 Å². The van der Waals surface area contributed by atoms with Gasteiger partial charge in [0.25, 0.3) is 0 Å².